The number of nitriles is 1. The van der Waals surface area contributed by atoms with E-state index in [1.54, 1.807) is 6.07 Å². The zero-order valence-electron chi connectivity index (χ0n) is 8.38. The van der Waals surface area contributed by atoms with E-state index in [0.29, 0.717) is 0 Å². The first-order valence-electron chi connectivity index (χ1n) is 4.43. The first-order valence-corrected chi connectivity index (χ1v) is 4.43. The quantitative estimate of drug-likeness (QED) is 0.779. The lowest BCUT2D eigenvalue weighted by molar-refractivity contribution is -0.137. The fourth-order valence-corrected chi connectivity index (χ4v) is 1.29. The van der Waals surface area contributed by atoms with Crippen LogP contribution in [-0.2, 0) is 11.0 Å². The highest BCUT2D eigenvalue weighted by atomic mass is 19.4. The third kappa shape index (κ3) is 2.60. The monoisotopic (exact) mass is 227 g/mol. The molecule has 0 aliphatic heterocycles. The molecule has 0 bridgehead atoms. The number of carbonyl (C=O) groups is 1. The Hall–Kier alpha value is -1.83. The Morgan fingerprint density at radius 2 is 2.06 bits per heavy atom. The van der Waals surface area contributed by atoms with Crippen molar-refractivity contribution in [3.05, 3.63) is 35.4 Å². The summed E-state index contributed by atoms with van der Waals surface area (Å²) in [7, 11) is 0. The van der Waals surface area contributed by atoms with Crippen molar-refractivity contribution < 1.29 is 18.0 Å². The van der Waals surface area contributed by atoms with Crippen molar-refractivity contribution in [3.8, 4) is 6.07 Å². The Kier molecular flexibility index (Phi) is 3.33. The summed E-state index contributed by atoms with van der Waals surface area (Å²) in [4.78, 5) is 11.0. The number of hydrogen-bond acceptors (Lipinski definition) is 2. The third-order valence-electron chi connectivity index (χ3n) is 2.08. The smallest absolute Gasteiger partial charge is 0.298 e. The van der Waals surface area contributed by atoms with Crippen LogP contribution in [0.4, 0.5) is 13.2 Å². The average molecular weight is 227 g/mol. The van der Waals surface area contributed by atoms with Crippen molar-refractivity contribution in [3.63, 3.8) is 0 Å². The molecule has 1 rings (SSSR count). The van der Waals surface area contributed by atoms with Gasteiger partial charge in [0.05, 0.1) is 11.6 Å². The van der Waals surface area contributed by atoms with Crippen molar-refractivity contribution in [1.29, 1.82) is 5.26 Å². The van der Waals surface area contributed by atoms with E-state index in [1.165, 1.54) is 19.1 Å². The highest BCUT2D eigenvalue weighted by molar-refractivity contribution is 5.86. The first-order chi connectivity index (χ1) is 7.36. The van der Waals surface area contributed by atoms with Gasteiger partial charge in [-0.1, -0.05) is 18.2 Å². The number of alkyl halides is 3. The largest absolute Gasteiger partial charge is 0.416 e. The lowest BCUT2D eigenvalue weighted by Crippen LogP contribution is -2.10. The molecule has 0 aliphatic rings. The highest BCUT2D eigenvalue weighted by Crippen LogP contribution is 2.31. The van der Waals surface area contributed by atoms with Crippen LogP contribution in [0.15, 0.2) is 24.3 Å². The van der Waals surface area contributed by atoms with Gasteiger partial charge >= 0.3 is 6.18 Å². The topological polar surface area (TPSA) is 40.9 Å². The van der Waals surface area contributed by atoms with Gasteiger partial charge in [0.1, 0.15) is 5.92 Å². The van der Waals surface area contributed by atoms with Crippen molar-refractivity contribution in [2.24, 2.45) is 0 Å². The van der Waals surface area contributed by atoms with Crippen LogP contribution in [0.5, 0.6) is 0 Å². The van der Waals surface area contributed by atoms with E-state index >= 15 is 0 Å². The number of hydrogen-bond donors (Lipinski definition) is 0. The van der Waals surface area contributed by atoms with Gasteiger partial charge in [0.25, 0.3) is 0 Å². The van der Waals surface area contributed by atoms with Crippen LogP contribution < -0.4 is 0 Å². The Morgan fingerprint density at radius 1 is 1.44 bits per heavy atom. The van der Waals surface area contributed by atoms with Crippen LogP contribution in [0.3, 0.4) is 0 Å². The van der Waals surface area contributed by atoms with Crippen molar-refractivity contribution >= 4 is 5.78 Å². The Labute approximate surface area is 90.3 Å². The molecule has 1 aromatic rings. The van der Waals surface area contributed by atoms with Crippen molar-refractivity contribution in [2.45, 2.75) is 19.0 Å². The van der Waals surface area contributed by atoms with Gasteiger partial charge in [0.2, 0.25) is 0 Å². The normalized spacial score (nSPS) is 12.9. The molecule has 2 nitrogen and oxygen atoms in total. The Balaban J connectivity index is 3.18. The lowest BCUT2D eigenvalue weighted by Gasteiger charge is -2.10. The SMILES string of the molecule is CC(=O)[C@@H](C#N)c1cccc(C(F)(F)F)c1. The second kappa shape index (κ2) is 4.35. The standard InChI is InChI=1S/C11H8F3NO/c1-7(16)10(6-15)8-3-2-4-9(5-8)11(12,13)14/h2-5,10H,1H3/t10-/m1/s1. The molecule has 0 N–H and O–H groups in total. The molecule has 0 saturated carbocycles. The summed E-state index contributed by atoms with van der Waals surface area (Å²) in [6.45, 7) is 1.17. The van der Waals surface area contributed by atoms with Crippen LogP contribution in [0, 0.1) is 11.3 Å². The molecule has 0 heterocycles. The molecule has 0 aromatic heterocycles. The van der Waals surface area contributed by atoms with Gasteiger partial charge in [0, 0.05) is 0 Å². The van der Waals surface area contributed by atoms with E-state index in [2.05, 4.69) is 0 Å². The Morgan fingerprint density at radius 3 is 2.50 bits per heavy atom. The molecule has 0 spiro atoms. The number of nitrogens with zero attached hydrogens (tertiary/aromatic N) is 1. The molecule has 1 aromatic carbocycles. The van der Waals surface area contributed by atoms with Gasteiger partial charge in [-0.15, -0.1) is 0 Å². The van der Waals surface area contributed by atoms with E-state index in [0.717, 1.165) is 12.1 Å². The number of ketones is 1. The molecule has 0 aliphatic carbocycles. The molecule has 1 atom stereocenters. The first kappa shape index (κ1) is 12.2. The summed E-state index contributed by atoms with van der Waals surface area (Å²) in [5, 5.41) is 8.69. The molecule has 16 heavy (non-hydrogen) atoms. The maximum Gasteiger partial charge on any atom is 0.416 e. The van der Waals surface area contributed by atoms with Crippen LogP contribution in [0.25, 0.3) is 0 Å². The second-order valence-electron chi connectivity index (χ2n) is 3.30. The van der Waals surface area contributed by atoms with Gasteiger partial charge in [-0.25, -0.2) is 0 Å². The summed E-state index contributed by atoms with van der Waals surface area (Å²) in [6, 6.07) is 5.93. The van der Waals surface area contributed by atoms with Gasteiger partial charge in [0.15, 0.2) is 5.78 Å². The zero-order chi connectivity index (χ0) is 12.3. The minimum Gasteiger partial charge on any atom is -0.298 e. The van der Waals surface area contributed by atoms with E-state index < -0.39 is 23.4 Å². The fourth-order valence-electron chi connectivity index (χ4n) is 1.29. The van der Waals surface area contributed by atoms with Gasteiger partial charge in [-0.3, -0.25) is 4.79 Å². The molecule has 0 fully saturated rings. The van der Waals surface area contributed by atoms with Crippen LogP contribution in [0.1, 0.15) is 24.0 Å². The molecule has 84 valence electrons. The van der Waals surface area contributed by atoms with Gasteiger partial charge in [-0.05, 0) is 18.6 Å². The summed E-state index contributed by atoms with van der Waals surface area (Å²) in [6.07, 6.45) is -4.47. The average Bonchev–Trinajstić information content (AvgIpc) is 2.17. The molecule has 0 saturated heterocycles. The molecule has 0 amide bonds. The number of benzene rings is 1. The van der Waals surface area contributed by atoms with Crippen LogP contribution >= 0.6 is 0 Å². The van der Waals surface area contributed by atoms with Crippen molar-refractivity contribution in [2.75, 3.05) is 0 Å². The van der Waals surface area contributed by atoms with Gasteiger partial charge in [-0.2, -0.15) is 18.4 Å². The predicted molar refractivity (Wildman–Crippen MR) is 50.5 cm³/mol. The van der Waals surface area contributed by atoms with E-state index in [-0.39, 0.29) is 5.56 Å². The molecular weight excluding hydrogens is 219 g/mol. The maximum absolute atomic E-state index is 12.4. The predicted octanol–water partition coefficient (Wildman–Crippen LogP) is 2.90. The summed E-state index contributed by atoms with van der Waals surface area (Å²) in [5.41, 5.74) is -0.781. The van der Waals surface area contributed by atoms with Crippen molar-refractivity contribution in [1.82, 2.24) is 0 Å². The van der Waals surface area contributed by atoms with Gasteiger partial charge < -0.3 is 0 Å². The number of halogens is 3. The summed E-state index contributed by atoms with van der Waals surface area (Å²) < 4.78 is 37.1. The molecule has 0 unspecified atom stereocenters. The second-order valence-corrected chi connectivity index (χ2v) is 3.30. The highest BCUT2D eigenvalue weighted by Gasteiger charge is 2.31. The summed E-state index contributed by atoms with van der Waals surface area (Å²) >= 11 is 0. The van der Waals surface area contributed by atoms with E-state index in [4.69, 9.17) is 5.26 Å². The van der Waals surface area contributed by atoms with E-state index in [9.17, 15) is 18.0 Å². The minimum absolute atomic E-state index is 0.0739. The number of carbonyl (C=O) groups excluding carboxylic acids is 1. The zero-order valence-corrected chi connectivity index (χ0v) is 8.38. The number of Topliss-reactive ketones (excluding diaryl/α,β-unsaturated/α-hetero) is 1. The molecular formula is C11H8F3NO. The lowest BCUT2D eigenvalue weighted by atomic mass is 9.95. The minimum atomic E-state index is -4.47. The maximum atomic E-state index is 12.4. The molecule has 5 heteroatoms. The number of rotatable bonds is 2. The van der Waals surface area contributed by atoms with Crippen LogP contribution in [0.2, 0.25) is 0 Å². The van der Waals surface area contributed by atoms with E-state index in [1.807, 2.05) is 0 Å². The molecule has 0 radical (unpaired) electrons. The summed E-state index contributed by atoms with van der Waals surface area (Å²) in [5.74, 6) is -1.61. The Bertz CT molecular complexity index is 445. The van der Waals surface area contributed by atoms with Crippen LogP contribution in [-0.4, -0.2) is 5.78 Å². The third-order valence-corrected chi connectivity index (χ3v) is 2.08. The fraction of sp³-hybridized carbons (Fsp3) is 0.273.